The van der Waals surface area contributed by atoms with E-state index in [2.05, 4.69) is 42.3 Å². The molecular weight excluding hydrogens is 386 g/mol. The third kappa shape index (κ3) is 4.68. The number of hydrogen-bond donors (Lipinski definition) is 1. The number of carbonyl (C=O) groups is 1. The number of aryl methyl sites for hydroxylation is 3. The topological polar surface area (TPSA) is 61.4 Å². The predicted molar refractivity (Wildman–Crippen MR) is 126 cm³/mol. The normalized spacial score (nSPS) is 13.9. The minimum Gasteiger partial charge on any atom is -0.353 e. The standard InChI is InChI=1S/C25H29N5O/c1-17-7-5-9-21(15-17)23-26-20(4)19(3)24(28-23)29-11-13-30(14-12-29)25(31)27-22-10-6-8-18(2)16-22/h5-10,15-16H,11-14H2,1-4H3,(H,27,31). The zero-order chi connectivity index (χ0) is 22.0. The van der Waals surface area contributed by atoms with E-state index in [-0.39, 0.29) is 6.03 Å². The maximum absolute atomic E-state index is 12.7. The Morgan fingerprint density at radius 2 is 1.55 bits per heavy atom. The first-order valence-corrected chi connectivity index (χ1v) is 10.7. The van der Waals surface area contributed by atoms with Gasteiger partial charge in [0, 0.05) is 48.7 Å². The van der Waals surface area contributed by atoms with Crippen LogP contribution in [0.4, 0.5) is 16.3 Å². The van der Waals surface area contributed by atoms with Crippen molar-refractivity contribution in [3.63, 3.8) is 0 Å². The number of nitrogens with one attached hydrogen (secondary N) is 1. The van der Waals surface area contributed by atoms with Crippen LogP contribution in [0.3, 0.4) is 0 Å². The monoisotopic (exact) mass is 415 g/mol. The maximum atomic E-state index is 12.7. The van der Waals surface area contributed by atoms with Crippen molar-refractivity contribution in [3.8, 4) is 11.4 Å². The lowest BCUT2D eigenvalue weighted by atomic mass is 10.1. The summed E-state index contributed by atoms with van der Waals surface area (Å²) in [5, 5.41) is 3.01. The molecule has 1 saturated heterocycles. The van der Waals surface area contributed by atoms with E-state index in [9.17, 15) is 4.79 Å². The summed E-state index contributed by atoms with van der Waals surface area (Å²) in [5.74, 6) is 1.71. The molecule has 0 unspecified atom stereocenters. The molecule has 0 spiro atoms. The molecule has 2 heterocycles. The number of amides is 2. The lowest BCUT2D eigenvalue weighted by molar-refractivity contribution is 0.208. The minimum atomic E-state index is -0.0544. The van der Waals surface area contributed by atoms with Crippen LogP contribution in [0.1, 0.15) is 22.4 Å². The lowest BCUT2D eigenvalue weighted by Crippen LogP contribution is -2.50. The van der Waals surface area contributed by atoms with Gasteiger partial charge in [0.2, 0.25) is 0 Å². The number of nitrogens with zero attached hydrogens (tertiary/aromatic N) is 4. The molecular formula is C25H29N5O. The first kappa shape index (κ1) is 20.8. The first-order chi connectivity index (χ1) is 14.9. The summed E-state index contributed by atoms with van der Waals surface area (Å²) in [5.41, 5.74) is 6.25. The van der Waals surface area contributed by atoms with Crippen LogP contribution in [0, 0.1) is 27.7 Å². The van der Waals surface area contributed by atoms with Gasteiger partial charge in [-0.1, -0.05) is 35.9 Å². The number of hydrogen-bond acceptors (Lipinski definition) is 4. The highest BCUT2D eigenvalue weighted by Crippen LogP contribution is 2.26. The van der Waals surface area contributed by atoms with Gasteiger partial charge >= 0.3 is 6.03 Å². The highest BCUT2D eigenvalue weighted by molar-refractivity contribution is 5.89. The number of anilines is 2. The van der Waals surface area contributed by atoms with Crippen molar-refractivity contribution in [2.75, 3.05) is 36.4 Å². The molecule has 0 radical (unpaired) electrons. The second-order valence-corrected chi connectivity index (χ2v) is 8.22. The molecule has 160 valence electrons. The van der Waals surface area contributed by atoms with E-state index in [4.69, 9.17) is 9.97 Å². The van der Waals surface area contributed by atoms with Crippen LogP contribution >= 0.6 is 0 Å². The second kappa shape index (κ2) is 8.76. The summed E-state index contributed by atoms with van der Waals surface area (Å²) in [6.07, 6.45) is 0. The van der Waals surface area contributed by atoms with Crippen molar-refractivity contribution in [2.45, 2.75) is 27.7 Å². The van der Waals surface area contributed by atoms with Gasteiger partial charge in [0.15, 0.2) is 5.82 Å². The van der Waals surface area contributed by atoms with Crippen LogP contribution in [-0.2, 0) is 0 Å². The number of piperazine rings is 1. The van der Waals surface area contributed by atoms with E-state index in [0.717, 1.165) is 52.8 Å². The fourth-order valence-electron chi connectivity index (χ4n) is 3.88. The van der Waals surface area contributed by atoms with Gasteiger partial charge in [0.05, 0.1) is 0 Å². The molecule has 2 amide bonds. The number of aromatic nitrogens is 2. The Labute approximate surface area is 183 Å². The van der Waals surface area contributed by atoms with E-state index < -0.39 is 0 Å². The largest absolute Gasteiger partial charge is 0.353 e. The molecule has 0 bridgehead atoms. The van der Waals surface area contributed by atoms with Gasteiger partial charge in [0.25, 0.3) is 0 Å². The molecule has 6 heteroatoms. The summed E-state index contributed by atoms with van der Waals surface area (Å²) < 4.78 is 0. The van der Waals surface area contributed by atoms with Gasteiger partial charge in [-0.05, 0) is 51.5 Å². The molecule has 0 atom stereocenters. The van der Waals surface area contributed by atoms with E-state index >= 15 is 0 Å². The molecule has 1 fully saturated rings. The third-order valence-electron chi connectivity index (χ3n) is 5.78. The number of rotatable bonds is 3. The van der Waals surface area contributed by atoms with Crippen molar-refractivity contribution >= 4 is 17.5 Å². The summed E-state index contributed by atoms with van der Waals surface area (Å²) in [6.45, 7) is 11.0. The fraction of sp³-hybridized carbons (Fsp3) is 0.320. The van der Waals surface area contributed by atoms with Crippen molar-refractivity contribution in [3.05, 3.63) is 70.9 Å². The van der Waals surface area contributed by atoms with Crippen LogP contribution in [0.15, 0.2) is 48.5 Å². The zero-order valence-corrected chi connectivity index (χ0v) is 18.6. The van der Waals surface area contributed by atoms with Crippen LogP contribution in [0.5, 0.6) is 0 Å². The van der Waals surface area contributed by atoms with Crippen molar-refractivity contribution in [1.29, 1.82) is 0 Å². The highest BCUT2D eigenvalue weighted by atomic mass is 16.2. The van der Waals surface area contributed by atoms with Crippen LogP contribution in [0.2, 0.25) is 0 Å². The summed E-state index contributed by atoms with van der Waals surface area (Å²) in [4.78, 5) is 26.4. The van der Waals surface area contributed by atoms with Crippen molar-refractivity contribution in [2.24, 2.45) is 0 Å². The third-order valence-corrected chi connectivity index (χ3v) is 5.78. The van der Waals surface area contributed by atoms with Gasteiger partial charge < -0.3 is 15.1 Å². The fourth-order valence-corrected chi connectivity index (χ4v) is 3.88. The second-order valence-electron chi connectivity index (χ2n) is 8.22. The Kier molecular flexibility index (Phi) is 5.89. The minimum absolute atomic E-state index is 0.0544. The molecule has 1 aliphatic heterocycles. The van der Waals surface area contributed by atoms with Gasteiger partial charge in [-0.3, -0.25) is 0 Å². The molecule has 1 aliphatic rings. The van der Waals surface area contributed by atoms with Crippen molar-refractivity contribution < 1.29 is 4.79 Å². The Balaban J connectivity index is 1.47. The van der Waals surface area contributed by atoms with Gasteiger partial charge in [-0.25, -0.2) is 14.8 Å². The molecule has 1 aromatic heterocycles. The Bertz CT molecular complexity index is 1100. The Hall–Kier alpha value is -3.41. The predicted octanol–water partition coefficient (Wildman–Crippen LogP) is 4.73. The average molecular weight is 416 g/mol. The zero-order valence-electron chi connectivity index (χ0n) is 18.6. The Morgan fingerprint density at radius 1 is 0.871 bits per heavy atom. The molecule has 0 saturated carbocycles. The summed E-state index contributed by atoms with van der Waals surface area (Å²) >= 11 is 0. The lowest BCUT2D eigenvalue weighted by Gasteiger charge is -2.36. The molecule has 31 heavy (non-hydrogen) atoms. The van der Waals surface area contributed by atoms with E-state index in [1.54, 1.807) is 0 Å². The smallest absolute Gasteiger partial charge is 0.321 e. The highest BCUT2D eigenvalue weighted by Gasteiger charge is 2.24. The van der Waals surface area contributed by atoms with Crippen LogP contribution in [0.25, 0.3) is 11.4 Å². The molecule has 1 N–H and O–H groups in total. The Morgan fingerprint density at radius 3 is 2.23 bits per heavy atom. The summed E-state index contributed by atoms with van der Waals surface area (Å²) in [6, 6.07) is 16.1. The number of benzene rings is 2. The van der Waals surface area contributed by atoms with Gasteiger partial charge in [-0.15, -0.1) is 0 Å². The maximum Gasteiger partial charge on any atom is 0.321 e. The molecule has 6 nitrogen and oxygen atoms in total. The number of urea groups is 1. The van der Waals surface area contributed by atoms with E-state index in [1.807, 2.05) is 49.1 Å². The molecule has 4 rings (SSSR count). The summed E-state index contributed by atoms with van der Waals surface area (Å²) in [7, 11) is 0. The van der Waals surface area contributed by atoms with Gasteiger partial charge in [0.1, 0.15) is 5.82 Å². The van der Waals surface area contributed by atoms with E-state index in [0.29, 0.717) is 13.1 Å². The molecule has 2 aromatic carbocycles. The first-order valence-electron chi connectivity index (χ1n) is 10.7. The van der Waals surface area contributed by atoms with Crippen LogP contribution in [-0.4, -0.2) is 47.1 Å². The molecule has 3 aromatic rings. The molecule has 0 aliphatic carbocycles. The SMILES string of the molecule is Cc1cccc(NC(=O)N2CCN(c3nc(-c4cccc(C)c4)nc(C)c3C)CC2)c1. The van der Waals surface area contributed by atoms with E-state index in [1.165, 1.54) is 5.56 Å². The van der Waals surface area contributed by atoms with Gasteiger partial charge in [-0.2, -0.15) is 0 Å². The quantitative estimate of drug-likeness (QED) is 0.672. The van der Waals surface area contributed by atoms with Crippen LogP contribution < -0.4 is 10.2 Å². The average Bonchev–Trinajstić information content (AvgIpc) is 2.76. The number of carbonyl (C=O) groups excluding carboxylic acids is 1. The van der Waals surface area contributed by atoms with Crippen molar-refractivity contribution in [1.82, 2.24) is 14.9 Å².